The maximum atomic E-state index is 8.89. The molecule has 0 atom stereocenters. The number of benzene rings is 2. The van der Waals surface area contributed by atoms with Crippen molar-refractivity contribution in [2.45, 2.75) is 26.8 Å². The maximum Gasteiger partial charge on any atom is 0.216 e. The second-order valence-corrected chi connectivity index (χ2v) is 7.16. The summed E-state index contributed by atoms with van der Waals surface area (Å²) in [6.45, 7) is 4.03. The molecule has 2 aromatic carbocycles. The lowest BCUT2D eigenvalue weighted by molar-refractivity contribution is -0.686. The van der Waals surface area contributed by atoms with Gasteiger partial charge in [0.25, 0.3) is 0 Å². The molecule has 0 N–H and O–H groups in total. The number of ether oxygens (including phenoxy) is 4. The second-order valence-electron chi connectivity index (χ2n) is 7.16. The number of carboxylic acid groups (broad SMARTS) is 1. The number of rotatable bonds is 4. The number of nitrogens with zero attached hydrogens (tertiary/aromatic N) is 1. The highest BCUT2D eigenvalue weighted by Gasteiger charge is 2.29. The summed E-state index contributed by atoms with van der Waals surface area (Å²) in [5, 5.41) is 11.1. The zero-order valence-electron chi connectivity index (χ0n) is 18.7. The Hall–Kier alpha value is -3.48. The number of aryl methyl sites for hydroxylation is 3. The van der Waals surface area contributed by atoms with Crippen molar-refractivity contribution in [3.8, 4) is 34.3 Å². The quantitative estimate of drug-likeness (QED) is 0.598. The number of carbonyl (C=O) groups excluding carboxylic acids is 1. The molecule has 0 saturated carbocycles. The zero-order valence-corrected chi connectivity index (χ0v) is 18.7. The molecule has 0 amide bonds. The van der Waals surface area contributed by atoms with Gasteiger partial charge in [0.05, 0.1) is 39.4 Å². The van der Waals surface area contributed by atoms with E-state index in [4.69, 9.17) is 28.8 Å². The first-order chi connectivity index (χ1) is 14.9. The molecule has 1 aliphatic heterocycles. The Kier molecular flexibility index (Phi) is 6.53. The van der Waals surface area contributed by atoms with Crippen molar-refractivity contribution < 1.29 is 33.4 Å². The van der Waals surface area contributed by atoms with Crippen LogP contribution < -0.4 is 28.6 Å². The molecule has 7 heteroatoms. The number of aromatic nitrogens is 1. The molecule has 31 heavy (non-hydrogen) atoms. The molecule has 0 aliphatic carbocycles. The summed E-state index contributed by atoms with van der Waals surface area (Å²) in [4.78, 5) is 8.89. The summed E-state index contributed by atoms with van der Waals surface area (Å²) in [5.74, 6) is 1.95. The molecule has 1 aliphatic rings. The third-order valence-corrected chi connectivity index (χ3v) is 5.40. The Morgan fingerprint density at radius 3 is 2.13 bits per heavy atom. The van der Waals surface area contributed by atoms with Crippen molar-refractivity contribution in [1.29, 1.82) is 0 Å². The van der Waals surface area contributed by atoms with Crippen molar-refractivity contribution in [1.82, 2.24) is 0 Å². The Morgan fingerprint density at radius 2 is 1.55 bits per heavy atom. The van der Waals surface area contributed by atoms with E-state index in [2.05, 4.69) is 35.9 Å². The van der Waals surface area contributed by atoms with E-state index >= 15 is 0 Å². The van der Waals surface area contributed by atoms with Gasteiger partial charge < -0.3 is 28.8 Å². The first-order valence-electron chi connectivity index (χ1n) is 9.86. The minimum Gasteiger partial charge on any atom is -0.550 e. The number of fused-ring (bicyclic) bond motifs is 4. The van der Waals surface area contributed by atoms with E-state index in [0.717, 1.165) is 53.7 Å². The molecule has 164 valence electrons. The van der Waals surface area contributed by atoms with E-state index in [1.807, 2.05) is 6.07 Å². The average molecular weight is 425 g/mol. The van der Waals surface area contributed by atoms with E-state index in [0.29, 0.717) is 0 Å². The monoisotopic (exact) mass is 425 g/mol. The Labute approximate surface area is 181 Å². The van der Waals surface area contributed by atoms with Crippen molar-refractivity contribution in [2.24, 2.45) is 0 Å². The molecule has 1 aromatic heterocycles. The van der Waals surface area contributed by atoms with Crippen LogP contribution in [-0.2, 0) is 17.8 Å². The van der Waals surface area contributed by atoms with Crippen LogP contribution in [0.3, 0.4) is 0 Å². The van der Waals surface area contributed by atoms with E-state index in [-0.39, 0.29) is 0 Å². The zero-order chi connectivity index (χ0) is 22.7. The van der Waals surface area contributed by atoms with E-state index in [1.54, 1.807) is 28.4 Å². The SMILES string of the molecule is CC(=O)[O-].COc1cc2c(cc1OC)-c1c(C)c3ccc(OC)c(OC)c3c[n+]1CC2. The van der Waals surface area contributed by atoms with Gasteiger partial charge in [-0.2, -0.15) is 4.57 Å². The number of methoxy groups -OCH3 is 4. The lowest BCUT2D eigenvalue weighted by atomic mass is 9.91. The van der Waals surface area contributed by atoms with Gasteiger partial charge in [0.15, 0.2) is 35.7 Å². The van der Waals surface area contributed by atoms with Gasteiger partial charge in [-0.25, -0.2) is 0 Å². The van der Waals surface area contributed by atoms with Crippen LogP contribution in [-0.4, -0.2) is 34.4 Å². The fourth-order valence-corrected chi connectivity index (χ4v) is 4.09. The van der Waals surface area contributed by atoms with Gasteiger partial charge in [0, 0.05) is 23.3 Å². The lowest BCUT2D eigenvalue weighted by Crippen LogP contribution is -2.41. The largest absolute Gasteiger partial charge is 0.550 e. The summed E-state index contributed by atoms with van der Waals surface area (Å²) in [6, 6.07) is 8.24. The van der Waals surface area contributed by atoms with Gasteiger partial charge in [-0.05, 0) is 43.7 Å². The number of carboxylic acids is 1. The highest BCUT2D eigenvalue weighted by atomic mass is 16.5. The van der Waals surface area contributed by atoms with Crippen molar-refractivity contribution in [2.75, 3.05) is 28.4 Å². The van der Waals surface area contributed by atoms with Crippen LogP contribution in [0.15, 0.2) is 30.5 Å². The maximum absolute atomic E-state index is 8.89. The lowest BCUT2D eigenvalue weighted by Gasteiger charge is -2.20. The molecule has 0 saturated heterocycles. The smallest absolute Gasteiger partial charge is 0.216 e. The second kappa shape index (κ2) is 9.12. The third-order valence-electron chi connectivity index (χ3n) is 5.40. The van der Waals surface area contributed by atoms with E-state index < -0.39 is 5.97 Å². The number of carbonyl (C=O) groups is 1. The topological polar surface area (TPSA) is 80.9 Å². The third kappa shape index (κ3) is 4.08. The molecule has 2 heterocycles. The summed E-state index contributed by atoms with van der Waals surface area (Å²) in [5.41, 5.74) is 4.88. The van der Waals surface area contributed by atoms with Gasteiger partial charge in [-0.15, -0.1) is 0 Å². The average Bonchev–Trinajstić information content (AvgIpc) is 2.76. The summed E-state index contributed by atoms with van der Waals surface area (Å²) in [6.07, 6.45) is 3.10. The number of pyridine rings is 1. The van der Waals surface area contributed by atoms with Crippen LogP contribution in [0.1, 0.15) is 18.1 Å². The summed E-state index contributed by atoms with van der Waals surface area (Å²) < 4.78 is 24.5. The summed E-state index contributed by atoms with van der Waals surface area (Å²) in [7, 11) is 6.70. The molecular formula is C24H27NO6. The number of hydrogen-bond donors (Lipinski definition) is 0. The number of hydrogen-bond acceptors (Lipinski definition) is 6. The standard InChI is InChI=1S/C22H24NO4.C2H4O2/c1-13-15-6-7-18(24-2)22(27-5)17(15)12-23-9-8-14-10-19(25-3)20(26-4)11-16(14)21(13)23;1-2(3)4/h6-7,10-12H,8-9H2,1-5H3;1H3,(H,3,4)/q+1;/p-1. The van der Waals surface area contributed by atoms with E-state index in [9.17, 15) is 0 Å². The first-order valence-corrected chi connectivity index (χ1v) is 9.86. The van der Waals surface area contributed by atoms with Crippen molar-refractivity contribution in [3.63, 3.8) is 0 Å². The molecule has 0 fully saturated rings. The summed E-state index contributed by atoms with van der Waals surface area (Å²) >= 11 is 0. The van der Waals surface area contributed by atoms with Gasteiger partial charge in [-0.3, -0.25) is 0 Å². The van der Waals surface area contributed by atoms with Gasteiger partial charge in [0.1, 0.15) is 0 Å². The van der Waals surface area contributed by atoms with Gasteiger partial charge >= 0.3 is 0 Å². The highest BCUT2D eigenvalue weighted by molar-refractivity contribution is 5.94. The van der Waals surface area contributed by atoms with Crippen LogP contribution in [0.4, 0.5) is 0 Å². The first kappa shape index (κ1) is 22.2. The van der Waals surface area contributed by atoms with Gasteiger partial charge in [-0.1, -0.05) is 0 Å². The van der Waals surface area contributed by atoms with Crippen molar-refractivity contribution in [3.05, 3.63) is 41.6 Å². The molecule has 0 bridgehead atoms. The molecule has 7 nitrogen and oxygen atoms in total. The fourth-order valence-electron chi connectivity index (χ4n) is 4.09. The Bertz CT molecular complexity index is 1140. The van der Waals surface area contributed by atoms with Crippen LogP contribution in [0.2, 0.25) is 0 Å². The van der Waals surface area contributed by atoms with Crippen LogP contribution in [0.5, 0.6) is 23.0 Å². The van der Waals surface area contributed by atoms with Crippen LogP contribution in [0.25, 0.3) is 22.0 Å². The number of aliphatic carboxylic acids is 1. The van der Waals surface area contributed by atoms with Crippen LogP contribution >= 0.6 is 0 Å². The predicted molar refractivity (Wildman–Crippen MR) is 115 cm³/mol. The minimum absolute atomic E-state index is 0.743. The normalized spacial score (nSPS) is 11.5. The minimum atomic E-state index is -1.08. The molecule has 0 unspecified atom stereocenters. The Morgan fingerprint density at radius 1 is 0.935 bits per heavy atom. The fraction of sp³-hybridized carbons (Fsp3) is 0.333. The molecule has 0 spiro atoms. The Balaban J connectivity index is 0.000000628. The van der Waals surface area contributed by atoms with E-state index in [1.165, 1.54) is 22.4 Å². The molecular weight excluding hydrogens is 398 g/mol. The molecule has 0 radical (unpaired) electrons. The van der Waals surface area contributed by atoms with Crippen molar-refractivity contribution >= 4 is 16.7 Å². The predicted octanol–water partition coefficient (Wildman–Crippen LogP) is 2.45. The highest BCUT2D eigenvalue weighted by Crippen LogP contribution is 2.41. The molecule has 3 aromatic rings. The molecule has 4 rings (SSSR count). The van der Waals surface area contributed by atoms with Crippen LogP contribution in [0, 0.1) is 6.92 Å². The van der Waals surface area contributed by atoms with Gasteiger partial charge in [0.2, 0.25) is 5.69 Å².